The predicted molar refractivity (Wildman–Crippen MR) is 255 cm³/mol. The van der Waals surface area contributed by atoms with Crippen LogP contribution in [0.15, 0.2) is 122 Å². The molecule has 0 radical (unpaired) electrons. The summed E-state index contributed by atoms with van der Waals surface area (Å²) in [5.74, 6) is -0.829. The fraction of sp³-hybridized carbons (Fsp3) is 0.208. The number of carbonyl (C=O) groups excluding carboxylic acids is 4. The van der Waals surface area contributed by atoms with Crippen molar-refractivity contribution in [2.45, 2.75) is 38.8 Å². The van der Waals surface area contributed by atoms with Crippen LogP contribution in [0.2, 0.25) is 20.1 Å². The minimum Gasteiger partial charge on any atom is -0.321 e. The second-order valence-corrected chi connectivity index (χ2v) is 17.0. The molecule has 2 aromatic heterocycles. The maximum Gasteiger partial charge on any atom is 0.258 e. The van der Waals surface area contributed by atoms with Crippen LogP contribution in [0.1, 0.15) is 78.2 Å². The Morgan fingerprint density at radius 2 is 0.828 bits per heavy atom. The summed E-state index contributed by atoms with van der Waals surface area (Å²) in [4.78, 5) is 64.1. The Morgan fingerprint density at radius 1 is 0.438 bits per heavy atom. The van der Waals surface area contributed by atoms with E-state index < -0.39 is 11.8 Å². The Hall–Kier alpha value is -5.86. The first kappa shape index (κ1) is 46.1. The molecule has 2 aliphatic heterocycles. The number of aromatic nitrogens is 2. The molecule has 4 aromatic carbocycles. The first-order valence-corrected chi connectivity index (χ1v) is 22.2. The van der Waals surface area contributed by atoms with Gasteiger partial charge in [0.25, 0.3) is 23.6 Å². The summed E-state index contributed by atoms with van der Waals surface area (Å²) in [5.41, 5.74) is 4.53. The van der Waals surface area contributed by atoms with Crippen molar-refractivity contribution in [2.24, 2.45) is 0 Å². The van der Waals surface area contributed by atoms with Crippen molar-refractivity contribution < 1.29 is 19.2 Å². The van der Waals surface area contributed by atoms with E-state index in [1.54, 1.807) is 60.7 Å². The molecule has 2 fully saturated rings. The highest BCUT2D eigenvalue weighted by molar-refractivity contribution is 6.32. The molecule has 2 saturated heterocycles. The Kier molecular flexibility index (Phi) is 16.0. The van der Waals surface area contributed by atoms with Crippen molar-refractivity contribution in [3.63, 3.8) is 0 Å². The molecular weight excluding hydrogens is 894 g/mol. The molecule has 12 nitrogen and oxygen atoms in total. The third-order valence-electron chi connectivity index (χ3n) is 10.5. The van der Waals surface area contributed by atoms with Crippen molar-refractivity contribution in [1.29, 1.82) is 0 Å². The number of piperidine rings is 1. The third-order valence-corrected chi connectivity index (χ3v) is 11.4. The van der Waals surface area contributed by atoms with Crippen molar-refractivity contribution in [3.8, 4) is 0 Å². The van der Waals surface area contributed by atoms with E-state index in [2.05, 4.69) is 41.0 Å². The van der Waals surface area contributed by atoms with Crippen LogP contribution in [-0.2, 0) is 13.1 Å². The van der Waals surface area contributed by atoms with Gasteiger partial charge in [0.15, 0.2) is 0 Å². The Bertz CT molecular complexity index is 2590. The molecule has 16 heteroatoms. The molecule has 0 bridgehead atoms. The number of hydrogen-bond acceptors (Lipinski definition) is 8. The zero-order chi connectivity index (χ0) is 45.0. The monoisotopic (exact) mass is 936 g/mol. The van der Waals surface area contributed by atoms with E-state index in [1.807, 2.05) is 36.4 Å². The summed E-state index contributed by atoms with van der Waals surface area (Å²) < 4.78 is 0. The van der Waals surface area contributed by atoms with E-state index in [-0.39, 0.29) is 22.9 Å². The highest BCUT2D eigenvalue weighted by atomic mass is 35.5. The van der Waals surface area contributed by atoms with E-state index in [4.69, 9.17) is 46.4 Å². The Morgan fingerprint density at radius 3 is 1.19 bits per heavy atom. The molecule has 2 aliphatic rings. The van der Waals surface area contributed by atoms with Crippen LogP contribution in [0, 0.1) is 0 Å². The zero-order valence-electron chi connectivity index (χ0n) is 34.6. The second kappa shape index (κ2) is 22.2. The first-order chi connectivity index (χ1) is 30.9. The molecule has 0 saturated carbocycles. The SMILES string of the molecule is O=C(Nc1ccc(Cl)cc1C(=O)Nc1ccc(Cl)cn1)c1ccc(CN2CCC2)cc1.O=C(Nc1ccc(Cl)cc1C(=O)Nc1ccc(Cl)cn1)c1ccc(CN2CCCCC2)cc1. The second-order valence-electron chi connectivity index (χ2n) is 15.3. The average Bonchev–Trinajstić information content (AvgIpc) is 3.28. The summed E-state index contributed by atoms with van der Waals surface area (Å²) in [6.07, 6.45) is 7.90. The minimum absolute atomic E-state index is 0.229. The number of nitrogens with one attached hydrogen (secondary N) is 4. The zero-order valence-corrected chi connectivity index (χ0v) is 37.6. The van der Waals surface area contributed by atoms with Gasteiger partial charge in [-0.2, -0.15) is 0 Å². The standard InChI is InChI=1S/C25H24Cl2N4O2.C23H20Cl2N4O2/c26-19-8-10-22(21(14-19)25(33)30-23-11-9-20(27)15-28-23)29-24(32)18-6-4-17(5-7-18)16-31-12-2-1-3-13-31;24-17-6-8-20(19(12-17)23(31)28-21-9-7-18(25)13-26-21)27-22(30)16-4-2-15(3-5-16)14-29-10-1-11-29/h4-11,14-15H,1-3,12-13,16H2,(H,29,32)(H,28,30,33);2-9,12-13H,1,10-11,14H2,(H,27,30)(H,26,28,31). The van der Waals surface area contributed by atoms with Crippen LogP contribution in [0.4, 0.5) is 23.0 Å². The number of likely N-dealkylation sites (tertiary alicyclic amines) is 2. The number of nitrogens with zero attached hydrogens (tertiary/aromatic N) is 4. The van der Waals surface area contributed by atoms with E-state index in [9.17, 15) is 19.2 Å². The molecular formula is C48H44Cl4N8O4. The van der Waals surface area contributed by atoms with E-state index in [1.165, 1.54) is 61.3 Å². The summed E-state index contributed by atoms with van der Waals surface area (Å²) in [6, 6.07) is 30.9. The number of benzene rings is 4. The average molecular weight is 939 g/mol. The lowest BCUT2D eigenvalue weighted by atomic mass is 10.1. The maximum absolute atomic E-state index is 12.9. The van der Waals surface area contributed by atoms with Gasteiger partial charge in [-0.1, -0.05) is 77.1 Å². The largest absolute Gasteiger partial charge is 0.321 e. The van der Waals surface area contributed by atoms with Gasteiger partial charge in [0.05, 0.1) is 32.5 Å². The quantitative estimate of drug-likeness (QED) is 0.0948. The van der Waals surface area contributed by atoms with Crippen LogP contribution < -0.4 is 21.3 Å². The molecule has 4 N–H and O–H groups in total. The van der Waals surface area contributed by atoms with E-state index in [0.29, 0.717) is 54.2 Å². The molecule has 0 atom stereocenters. The van der Waals surface area contributed by atoms with Gasteiger partial charge >= 0.3 is 0 Å². The number of carbonyl (C=O) groups is 4. The highest BCUT2D eigenvalue weighted by Crippen LogP contribution is 2.25. The molecule has 0 unspecified atom stereocenters. The number of halogens is 4. The van der Waals surface area contributed by atoms with Crippen LogP contribution in [-0.4, -0.2) is 69.6 Å². The molecule has 0 aliphatic carbocycles. The fourth-order valence-corrected chi connectivity index (χ4v) is 7.55. The van der Waals surface area contributed by atoms with E-state index in [0.717, 1.165) is 39.3 Å². The Balaban J connectivity index is 0.000000192. The first-order valence-electron chi connectivity index (χ1n) is 20.7. The lowest BCUT2D eigenvalue weighted by Gasteiger charge is -2.30. The van der Waals surface area contributed by atoms with Gasteiger partial charge in [-0.3, -0.25) is 29.0 Å². The summed E-state index contributed by atoms with van der Waals surface area (Å²) in [5, 5.41) is 12.7. The summed E-state index contributed by atoms with van der Waals surface area (Å²) >= 11 is 23.9. The third kappa shape index (κ3) is 13.1. The van der Waals surface area contributed by atoms with Crippen LogP contribution >= 0.6 is 46.4 Å². The molecule has 8 rings (SSSR count). The van der Waals surface area contributed by atoms with Gasteiger partial charge in [-0.25, -0.2) is 9.97 Å². The van der Waals surface area contributed by atoms with Gasteiger partial charge in [0.2, 0.25) is 0 Å². The molecule has 4 heterocycles. The molecule has 328 valence electrons. The molecule has 0 spiro atoms. The normalized spacial score (nSPS) is 13.7. The lowest BCUT2D eigenvalue weighted by molar-refractivity contribution is 0.101. The minimum atomic E-state index is -0.447. The fourth-order valence-electron chi connectivity index (χ4n) is 6.98. The van der Waals surface area contributed by atoms with Crippen LogP contribution in [0.25, 0.3) is 0 Å². The number of pyridine rings is 2. The highest BCUT2D eigenvalue weighted by Gasteiger charge is 2.19. The molecule has 64 heavy (non-hydrogen) atoms. The topological polar surface area (TPSA) is 149 Å². The maximum atomic E-state index is 12.9. The number of amides is 4. The number of hydrogen-bond donors (Lipinski definition) is 4. The number of rotatable bonds is 12. The smallest absolute Gasteiger partial charge is 0.258 e. The summed E-state index contributed by atoms with van der Waals surface area (Å²) in [7, 11) is 0. The van der Waals surface area contributed by atoms with Crippen molar-refractivity contribution in [2.75, 3.05) is 47.4 Å². The van der Waals surface area contributed by atoms with Gasteiger partial charge in [0, 0.05) is 46.7 Å². The predicted octanol–water partition coefficient (Wildman–Crippen LogP) is 11.0. The molecule has 4 amide bonds. The van der Waals surface area contributed by atoms with Gasteiger partial charge in [-0.15, -0.1) is 0 Å². The molecule has 6 aromatic rings. The van der Waals surface area contributed by atoms with Gasteiger partial charge in [0.1, 0.15) is 11.6 Å². The van der Waals surface area contributed by atoms with Crippen molar-refractivity contribution in [3.05, 3.63) is 175 Å². The number of anilines is 4. The van der Waals surface area contributed by atoms with Gasteiger partial charge < -0.3 is 21.3 Å². The Labute approximate surface area is 391 Å². The van der Waals surface area contributed by atoms with Crippen molar-refractivity contribution >= 4 is 93.0 Å². The lowest BCUT2D eigenvalue weighted by Crippen LogP contribution is -2.36. The summed E-state index contributed by atoms with van der Waals surface area (Å²) in [6.45, 7) is 6.26. The van der Waals surface area contributed by atoms with E-state index >= 15 is 0 Å². The van der Waals surface area contributed by atoms with Gasteiger partial charge in [-0.05, 0) is 141 Å². The van der Waals surface area contributed by atoms with Crippen LogP contribution in [0.3, 0.4) is 0 Å². The van der Waals surface area contributed by atoms with Crippen molar-refractivity contribution in [1.82, 2.24) is 19.8 Å². The van der Waals surface area contributed by atoms with Crippen LogP contribution in [0.5, 0.6) is 0 Å².